The molecule has 220 valence electrons. The van der Waals surface area contributed by atoms with Gasteiger partial charge in [-0.3, -0.25) is 19.6 Å². The molecule has 0 saturated carbocycles. The third kappa shape index (κ3) is 12.0. The van der Waals surface area contributed by atoms with E-state index >= 15 is 0 Å². The van der Waals surface area contributed by atoms with Crippen LogP contribution in [0.25, 0.3) is 12.2 Å². The molecule has 3 rings (SSSR count). The Kier molecular flexibility index (Phi) is 14.1. The molecule has 0 amide bonds. The Morgan fingerprint density at radius 3 is 1.23 bits per heavy atom. The minimum absolute atomic E-state index is 0.340. The zero-order valence-corrected chi connectivity index (χ0v) is 24.9. The van der Waals surface area contributed by atoms with E-state index in [4.69, 9.17) is 0 Å². The van der Waals surface area contributed by atoms with Crippen molar-refractivity contribution in [1.29, 1.82) is 0 Å². The lowest BCUT2D eigenvalue weighted by molar-refractivity contribution is 0.0945. The molecule has 2 atom stereocenters. The molecule has 6 nitrogen and oxygen atoms in total. The minimum Gasteiger partial charge on any atom is -0.392 e. The first-order valence-electron chi connectivity index (χ1n) is 15.0. The van der Waals surface area contributed by atoms with E-state index in [0.717, 1.165) is 89.4 Å². The molecular weight excluding hydrogens is 496 g/mol. The molecule has 2 aromatic rings. The van der Waals surface area contributed by atoms with Crippen molar-refractivity contribution in [2.45, 2.75) is 52.0 Å². The van der Waals surface area contributed by atoms with Crippen LogP contribution in [-0.2, 0) is 13.1 Å². The van der Waals surface area contributed by atoms with E-state index in [1.54, 1.807) is 0 Å². The Bertz CT molecular complexity index is 909. The fraction of sp³-hybridized carbons (Fsp3) is 0.529. The average Bonchev–Trinajstić information content (AvgIpc) is 2.93. The van der Waals surface area contributed by atoms with Gasteiger partial charge in [0.05, 0.1) is 12.2 Å². The average molecular weight is 549 g/mol. The maximum Gasteiger partial charge on any atom is 0.0639 e. The van der Waals surface area contributed by atoms with Crippen LogP contribution in [0.15, 0.2) is 61.7 Å². The van der Waals surface area contributed by atoms with Crippen molar-refractivity contribution in [3.63, 3.8) is 0 Å². The maximum atomic E-state index is 10.2. The van der Waals surface area contributed by atoms with Crippen LogP contribution in [0, 0.1) is 0 Å². The van der Waals surface area contributed by atoms with Gasteiger partial charge in [-0.2, -0.15) is 0 Å². The van der Waals surface area contributed by atoms with Crippen LogP contribution >= 0.6 is 0 Å². The number of hydrogen-bond donors (Lipinski definition) is 2. The van der Waals surface area contributed by atoms with Gasteiger partial charge in [0.15, 0.2) is 0 Å². The molecule has 1 heterocycles. The number of rotatable bonds is 10. The molecule has 1 fully saturated rings. The molecule has 0 aliphatic carbocycles. The fourth-order valence-corrected chi connectivity index (χ4v) is 5.51. The van der Waals surface area contributed by atoms with E-state index in [2.05, 4.69) is 81.3 Å². The van der Waals surface area contributed by atoms with Crippen molar-refractivity contribution in [3.8, 4) is 0 Å². The van der Waals surface area contributed by atoms with E-state index in [1.165, 1.54) is 11.1 Å². The highest BCUT2D eigenvalue weighted by molar-refractivity contribution is 5.47. The summed E-state index contributed by atoms with van der Waals surface area (Å²) in [5.74, 6) is 0. The zero-order chi connectivity index (χ0) is 28.7. The number of β-amino-alcohol motifs (C(OH)–C–C–N with tert-alkyl or cyclic N) is 2. The van der Waals surface area contributed by atoms with Gasteiger partial charge in [-0.25, -0.2) is 0 Å². The molecule has 1 aliphatic heterocycles. The molecule has 0 spiro atoms. The summed E-state index contributed by atoms with van der Waals surface area (Å²) in [6, 6.07) is 17.4. The largest absolute Gasteiger partial charge is 0.392 e. The second-order valence-electron chi connectivity index (χ2n) is 11.5. The lowest BCUT2D eigenvalue weighted by Gasteiger charge is -2.33. The topological polar surface area (TPSA) is 53.4 Å². The summed E-state index contributed by atoms with van der Waals surface area (Å²) < 4.78 is 0. The minimum atomic E-state index is -0.340. The summed E-state index contributed by atoms with van der Waals surface area (Å²) in [5, 5.41) is 20.4. The zero-order valence-electron chi connectivity index (χ0n) is 24.9. The van der Waals surface area contributed by atoms with Crippen LogP contribution in [0.2, 0.25) is 0 Å². The highest BCUT2D eigenvalue weighted by Gasteiger charge is 2.17. The van der Waals surface area contributed by atoms with E-state index in [-0.39, 0.29) is 12.2 Å². The Hall–Kier alpha value is -2.32. The normalized spacial score (nSPS) is 19.5. The highest BCUT2D eigenvalue weighted by Crippen LogP contribution is 2.13. The summed E-state index contributed by atoms with van der Waals surface area (Å²) in [5.41, 5.74) is 4.91. The van der Waals surface area contributed by atoms with Gasteiger partial charge in [0.2, 0.25) is 0 Å². The van der Waals surface area contributed by atoms with Crippen molar-refractivity contribution in [1.82, 2.24) is 19.6 Å². The Balaban J connectivity index is 1.71. The quantitative estimate of drug-likeness (QED) is 0.458. The molecular formula is C34H52N4O2. The molecule has 6 heteroatoms. The first-order valence-corrected chi connectivity index (χ1v) is 15.0. The lowest BCUT2D eigenvalue weighted by atomic mass is 10.1. The summed E-state index contributed by atoms with van der Waals surface area (Å²) >= 11 is 0. The third-order valence-corrected chi connectivity index (χ3v) is 7.65. The number of aliphatic hydroxyl groups is 2. The van der Waals surface area contributed by atoms with Gasteiger partial charge in [0.1, 0.15) is 0 Å². The molecule has 0 aromatic heterocycles. The smallest absolute Gasteiger partial charge is 0.0639 e. The summed E-state index contributed by atoms with van der Waals surface area (Å²) in [6.07, 6.45) is 5.19. The van der Waals surface area contributed by atoms with Crippen LogP contribution in [0.4, 0.5) is 0 Å². The van der Waals surface area contributed by atoms with Gasteiger partial charge in [-0.15, -0.1) is 0 Å². The fourth-order valence-electron chi connectivity index (χ4n) is 5.51. The Labute approximate surface area is 243 Å². The number of hydrogen-bond acceptors (Lipinski definition) is 6. The van der Waals surface area contributed by atoms with Gasteiger partial charge in [0, 0.05) is 52.4 Å². The van der Waals surface area contributed by atoms with E-state index in [9.17, 15) is 10.2 Å². The highest BCUT2D eigenvalue weighted by atomic mass is 16.3. The number of benzene rings is 2. The van der Waals surface area contributed by atoms with Crippen LogP contribution in [-0.4, -0.2) is 107 Å². The van der Waals surface area contributed by atoms with Gasteiger partial charge >= 0.3 is 0 Å². The van der Waals surface area contributed by atoms with Gasteiger partial charge in [-0.05, 0) is 75.1 Å². The van der Waals surface area contributed by atoms with Crippen molar-refractivity contribution in [3.05, 3.63) is 83.9 Å². The molecule has 2 unspecified atom stereocenters. The summed E-state index contributed by atoms with van der Waals surface area (Å²) in [7, 11) is 0. The molecule has 2 N–H and O–H groups in total. The predicted molar refractivity (Wildman–Crippen MR) is 169 cm³/mol. The van der Waals surface area contributed by atoms with Crippen LogP contribution < -0.4 is 0 Å². The SMILES string of the molecule is C=Cc1ccc(CN2CCCN(CC(C)O)CCN(Cc3ccc(C=C)cc3)CCCN(CC(C)O)CC2)cc1. The Morgan fingerprint density at radius 2 is 0.900 bits per heavy atom. The van der Waals surface area contributed by atoms with Crippen molar-refractivity contribution >= 4 is 12.2 Å². The standard InChI is InChI=1S/C34H52N4O2/c1-5-31-9-13-33(14-10-31)27-37-19-7-17-36(26-30(4)40)22-24-38(28-34-15-11-32(6-2)12-16-34)20-8-18-35(21-23-37)25-29(3)39/h5-6,9-16,29-30,39-40H,1-2,7-8,17-28H2,3-4H3. The molecule has 1 saturated heterocycles. The molecule has 0 radical (unpaired) electrons. The molecule has 40 heavy (non-hydrogen) atoms. The van der Waals surface area contributed by atoms with E-state index < -0.39 is 0 Å². The van der Waals surface area contributed by atoms with Crippen LogP contribution in [0.1, 0.15) is 48.9 Å². The van der Waals surface area contributed by atoms with Gasteiger partial charge in [0.25, 0.3) is 0 Å². The first kappa shape index (κ1) is 32.2. The third-order valence-electron chi connectivity index (χ3n) is 7.65. The molecule has 0 bridgehead atoms. The first-order chi connectivity index (χ1) is 19.3. The van der Waals surface area contributed by atoms with Crippen molar-refractivity contribution < 1.29 is 10.2 Å². The van der Waals surface area contributed by atoms with Crippen molar-refractivity contribution in [2.75, 3.05) is 65.4 Å². The van der Waals surface area contributed by atoms with E-state index in [0.29, 0.717) is 13.1 Å². The summed E-state index contributed by atoms with van der Waals surface area (Å²) in [4.78, 5) is 9.95. The van der Waals surface area contributed by atoms with Crippen LogP contribution in [0.3, 0.4) is 0 Å². The Morgan fingerprint density at radius 1 is 0.575 bits per heavy atom. The monoisotopic (exact) mass is 548 g/mol. The van der Waals surface area contributed by atoms with Crippen LogP contribution in [0.5, 0.6) is 0 Å². The number of aliphatic hydroxyl groups excluding tert-OH is 2. The van der Waals surface area contributed by atoms with Gasteiger partial charge in [-0.1, -0.05) is 73.8 Å². The lowest BCUT2D eigenvalue weighted by Crippen LogP contribution is -2.43. The second kappa shape index (κ2) is 17.5. The van der Waals surface area contributed by atoms with E-state index in [1.807, 2.05) is 26.0 Å². The summed E-state index contributed by atoms with van der Waals surface area (Å²) in [6.45, 7) is 22.5. The maximum absolute atomic E-state index is 10.2. The van der Waals surface area contributed by atoms with Crippen molar-refractivity contribution in [2.24, 2.45) is 0 Å². The molecule has 2 aromatic carbocycles. The van der Waals surface area contributed by atoms with Gasteiger partial charge < -0.3 is 10.2 Å². The number of nitrogens with zero attached hydrogens (tertiary/aromatic N) is 4. The second-order valence-corrected chi connectivity index (χ2v) is 11.5. The molecule has 1 aliphatic rings. The predicted octanol–water partition coefficient (Wildman–Crippen LogP) is 4.44.